The van der Waals surface area contributed by atoms with Crippen molar-refractivity contribution in [2.75, 3.05) is 50.9 Å². The summed E-state index contributed by atoms with van der Waals surface area (Å²) in [4.78, 5) is 34.3. The first-order valence-electron chi connectivity index (χ1n) is 11.7. The van der Waals surface area contributed by atoms with Crippen LogP contribution in [0.2, 0.25) is 0 Å². The number of amides is 1. The third-order valence-corrected chi connectivity index (χ3v) is 6.59. The highest BCUT2D eigenvalue weighted by Crippen LogP contribution is 2.39. The van der Waals surface area contributed by atoms with Gasteiger partial charge in [-0.05, 0) is 54.1 Å². The molecule has 2 fully saturated rings. The Labute approximate surface area is 209 Å². The van der Waals surface area contributed by atoms with Crippen LogP contribution >= 0.6 is 11.8 Å². The lowest BCUT2D eigenvalue weighted by Gasteiger charge is -2.26. The monoisotopic (exact) mass is 495 g/mol. The van der Waals surface area contributed by atoms with E-state index < -0.39 is 0 Å². The van der Waals surface area contributed by atoms with Gasteiger partial charge >= 0.3 is 5.97 Å². The van der Waals surface area contributed by atoms with E-state index in [1.54, 1.807) is 54.6 Å². The number of esters is 1. The number of morpholine rings is 1. The van der Waals surface area contributed by atoms with Crippen molar-refractivity contribution in [2.45, 2.75) is 13.3 Å². The summed E-state index contributed by atoms with van der Waals surface area (Å²) < 4.78 is 10.7. The van der Waals surface area contributed by atoms with Crippen molar-refractivity contribution in [3.8, 4) is 5.75 Å². The number of anilines is 1. The fourth-order valence-corrected chi connectivity index (χ4v) is 4.69. The molecule has 0 atom stereocenters. The second-order valence-corrected chi connectivity index (χ2v) is 9.13. The topological polar surface area (TPSA) is 91.7 Å². The number of phenolic OH excluding ortho intramolecular Hbond substituents is 1. The molecule has 2 heterocycles. The molecule has 2 aromatic carbocycles. The van der Waals surface area contributed by atoms with Crippen molar-refractivity contribution >= 4 is 40.6 Å². The molecule has 0 aromatic heterocycles. The number of thioether (sulfide) groups is 1. The molecule has 0 saturated carbocycles. The summed E-state index contributed by atoms with van der Waals surface area (Å²) in [5, 5.41) is 10.8. The summed E-state index contributed by atoms with van der Waals surface area (Å²) in [6.07, 6.45) is 2.61. The van der Waals surface area contributed by atoms with Crippen LogP contribution in [0, 0.1) is 0 Å². The SMILES string of the molecule is CCCN=C1S/C(=C\c2ccc(C(=O)OCCN3CCOCC3)cc2)C(=O)N1c1ccccc1O. The number of para-hydroxylation sites is 2. The number of aromatic hydroxyl groups is 1. The van der Waals surface area contributed by atoms with Gasteiger partial charge in [0, 0.05) is 26.2 Å². The van der Waals surface area contributed by atoms with Crippen LogP contribution in [0.3, 0.4) is 0 Å². The zero-order valence-electron chi connectivity index (χ0n) is 19.7. The van der Waals surface area contributed by atoms with Crippen molar-refractivity contribution in [2.24, 2.45) is 4.99 Å². The number of carbonyl (C=O) groups excluding carboxylic acids is 2. The van der Waals surface area contributed by atoms with Gasteiger partial charge < -0.3 is 14.6 Å². The average molecular weight is 496 g/mol. The minimum Gasteiger partial charge on any atom is -0.506 e. The van der Waals surface area contributed by atoms with E-state index in [0.717, 1.165) is 25.1 Å². The van der Waals surface area contributed by atoms with E-state index in [1.165, 1.54) is 16.7 Å². The number of hydrogen-bond donors (Lipinski definition) is 1. The van der Waals surface area contributed by atoms with Gasteiger partial charge in [0.25, 0.3) is 5.91 Å². The van der Waals surface area contributed by atoms with Gasteiger partial charge in [0.05, 0.1) is 29.4 Å². The van der Waals surface area contributed by atoms with E-state index in [2.05, 4.69) is 9.89 Å². The molecule has 0 bridgehead atoms. The molecule has 2 aliphatic heterocycles. The Bertz CT molecular complexity index is 1110. The van der Waals surface area contributed by atoms with Gasteiger partial charge in [-0.25, -0.2) is 4.79 Å². The van der Waals surface area contributed by atoms with E-state index in [4.69, 9.17) is 9.47 Å². The minimum atomic E-state index is -0.372. The first-order chi connectivity index (χ1) is 17.1. The Balaban J connectivity index is 1.43. The summed E-state index contributed by atoms with van der Waals surface area (Å²) in [5.41, 5.74) is 1.64. The molecular formula is C26H29N3O5S. The number of phenols is 1. The number of hydrogen-bond acceptors (Lipinski definition) is 8. The molecule has 1 N–H and O–H groups in total. The highest BCUT2D eigenvalue weighted by molar-refractivity contribution is 8.19. The maximum atomic E-state index is 13.2. The number of rotatable bonds is 8. The number of nitrogens with zero attached hydrogens (tertiary/aromatic N) is 3. The standard InChI is InChI=1S/C26H29N3O5S/c1-2-11-27-26-29(21-5-3-4-6-22(21)30)24(31)23(35-26)18-19-7-9-20(10-8-19)25(32)34-17-14-28-12-15-33-16-13-28/h3-10,18,30H,2,11-17H2,1H3/b23-18-,27-26?. The Morgan fingerprint density at radius 1 is 1.17 bits per heavy atom. The van der Waals surface area contributed by atoms with Crippen LogP contribution in [0.5, 0.6) is 5.75 Å². The summed E-state index contributed by atoms with van der Waals surface area (Å²) >= 11 is 1.27. The molecule has 1 amide bonds. The third-order valence-electron chi connectivity index (χ3n) is 5.59. The molecule has 2 saturated heterocycles. The normalized spacial score (nSPS) is 19.0. The molecule has 2 aromatic rings. The minimum absolute atomic E-state index is 0.0170. The highest BCUT2D eigenvalue weighted by Gasteiger charge is 2.35. The van der Waals surface area contributed by atoms with Gasteiger partial charge in [-0.15, -0.1) is 0 Å². The van der Waals surface area contributed by atoms with E-state index in [1.807, 2.05) is 6.92 Å². The quantitative estimate of drug-likeness (QED) is 0.440. The summed E-state index contributed by atoms with van der Waals surface area (Å²) in [6, 6.07) is 13.7. The van der Waals surface area contributed by atoms with Gasteiger partial charge in [0.2, 0.25) is 0 Å². The molecule has 0 spiro atoms. The fraction of sp³-hybridized carbons (Fsp3) is 0.346. The highest BCUT2D eigenvalue weighted by atomic mass is 32.2. The molecule has 8 nitrogen and oxygen atoms in total. The van der Waals surface area contributed by atoms with Crippen molar-refractivity contribution < 1.29 is 24.2 Å². The number of benzene rings is 2. The van der Waals surface area contributed by atoms with E-state index in [-0.39, 0.29) is 17.6 Å². The van der Waals surface area contributed by atoms with Crippen molar-refractivity contribution in [3.05, 3.63) is 64.6 Å². The molecule has 184 valence electrons. The van der Waals surface area contributed by atoms with E-state index in [0.29, 0.717) is 54.2 Å². The molecule has 0 aliphatic carbocycles. The van der Waals surface area contributed by atoms with Crippen LogP contribution in [0.25, 0.3) is 6.08 Å². The molecule has 0 unspecified atom stereocenters. The van der Waals surface area contributed by atoms with Gasteiger partial charge in [-0.3, -0.25) is 19.6 Å². The van der Waals surface area contributed by atoms with E-state index in [9.17, 15) is 14.7 Å². The predicted octanol–water partition coefficient (Wildman–Crippen LogP) is 3.77. The Morgan fingerprint density at radius 2 is 1.91 bits per heavy atom. The van der Waals surface area contributed by atoms with Crippen molar-refractivity contribution in [1.29, 1.82) is 0 Å². The molecule has 4 rings (SSSR count). The van der Waals surface area contributed by atoms with Crippen LogP contribution in [0.1, 0.15) is 29.3 Å². The van der Waals surface area contributed by atoms with E-state index >= 15 is 0 Å². The lowest BCUT2D eigenvalue weighted by atomic mass is 10.1. The zero-order valence-corrected chi connectivity index (χ0v) is 20.5. The molecular weight excluding hydrogens is 466 g/mol. The number of carbonyl (C=O) groups is 2. The summed E-state index contributed by atoms with van der Waals surface area (Å²) in [7, 11) is 0. The molecule has 2 aliphatic rings. The average Bonchev–Trinajstić information content (AvgIpc) is 3.18. The van der Waals surface area contributed by atoms with Gasteiger partial charge in [-0.2, -0.15) is 0 Å². The van der Waals surface area contributed by atoms with Crippen LogP contribution in [0.4, 0.5) is 5.69 Å². The lowest BCUT2D eigenvalue weighted by molar-refractivity contribution is -0.113. The Morgan fingerprint density at radius 3 is 2.63 bits per heavy atom. The second-order valence-electron chi connectivity index (χ2n) is 8.12. The number of amidine groups is 1. The second kappa shape index (κ2) is 12.0. The van der Waals surface area contributed by atoms with Crippen LogP contribution in [-0.4, -0.2) is 73.1 Å². The Kier molecular flexibility index (Phi) is 8.57. The maximum absolute atomic E-state index is 13.2. The van der Waals surface area contributed by atoms with Crippen molar-refractivity contribution in [3.63, 3.8) is 0 Å². The number of aliphatic imine (C=N–C) groups is 1. The van der Waals surface area contributed by atoms with Crippen LogP contribution in [-0.2, 0) is 14.3 Å². The zero-order chi connectivity index (χ0) is 24.6. The first kappa shape index (κ1) is 25.0. The van der Waals surface area contributed by atoms with Gasteiger partial charge in [-0.1, -0.05) is 31.2 Å². The first-order valence-corrected chi connectivity index (χ1v) is 12.5. The van der Waals surface area contributed by atoms with Crippen molar-refractivity contribution in [1.82, 2.24) is 4.90 Å². The molecule has 0 radical (unpaired) electrons. The number of ether oxygens (including phenoxy) is 2. The smallest absolute Gasteiger partial charge is 0.338 e. The summed E-state index contributed by atoms with van der Waals surface area (Å²) in [5.74, 6) is -0.607. The molecule has 35 heavy (non-hydrogen) atoms. The fourth-order valence-electron chi connectivity index (χ4n) is 3.69. The third kappa shape index (κ3) is 6.30. The van der Waals surface area contributed by atoms with Crippen LogP contribution < -0.4 is 4.90 Å². The van der Waals surface area contributed by atoms with Gasteiger partial charge in [0.15, 0.2) is 5.17 Å². The van der Waals surface area contributed by atoms with Gasteiger partial charge in [0.1, 0.15) is 12.4 Å². The maximum Gasteiger partial charge on any atom is 0.338 e. The largest absolute Gasteiger partial charge is 0.506 e. The predicted molar refractivity (Wildman–Crippen MR) is 138 cm³/mol. The van der Waals surface area contributed by atoms with Crippen LogP contribution in [0.15, 0.2) is 58.4 Å². The molecule has 9 heteroatoms. The Hall–Kier alpha value is -3.14. The lowest BCUT2D eigenvalue weighted by Crippen LogP contribution is -2.38. The summed E-state index contributed by atoms with van der Waals surface area (Å²) in [6.45, 7) is 6.74.